The summed E-state index contributed by atoms with van der Waals surface area (Å²) in [6.07, 6.45) is 0. The number of rotatable bonds is 5. The monoisotopic (exact) mass is 264 g/mol. The van der Waals surface area contributed by atoms with Gasteiger partial charge in [-0.2, -0.15) is 0 Å². The van der Waals surface area contributed by atoms with E-state index in [1.165, 1.54) is 0 Å². The molecule has 0 aromatic heterocycles. The van der Waals surface area contributed by atoms with Crippen molar-refractivity contribution in [2.75, 3.05) is 13.6 Å². The van der Waals surface area contributed by atoms with Gasteiger partial charge in [-0.1, -0.05) is 25.1 Å². The van der Waals surface area contributed by atoms with Gasteiger partial charge in [0.2, 0.25) is 5.91 Å². The first kappa shape index (κ1) is 15.5. The van der Waals surface area contributed by atoms with Crippen LogP contribution in [0.4, 0.5) is 0 Å². The summed E-state index contributed by atoms with van der Waals surface area (Å²) in [7, 11) is 1.76. The Morgan fingerprint density at radius 2 is 2.00 bits per heavy atom. The first-order chi connectivity index (χ1) is 8.81. The molecular weight excluding hydrogens is 240 g/mol. The largest absolute Gasteiger partial charge is 0.508 e. The molecule has 1 aromatic rings. The summed E-state index contributed by atoms with van der Waals surface area (Å²) in [5, 5.41) is 13.0. The van der Waals surface area contributed by atoms with Crippen LogP contribution in [0.1, 0.15) is 39.3 Å². The molecule has 1 unspecified atom stereocenters. The fourth-order valence-corrected chi connectivity index (χ4v) is 2.18. The molecule has 19 heavy (non-hydrogen) atoms. The van der Waals surface area contributed by atoms with Gasteiger partial charge in [0, 0.05) is 12.6 Å². The van der Waals surface area contributed by atoms with Crippen LogP contribution >= 0.6 is 0 Å². The Morgan fingerprint density at radius 1 is 1.42 bits per heavy atom. The molecule has 0 aliphatic rings. The summed E-state index contributed by atoms with van der Waals surface area (Å²) in [5.41, 5.74) is 0.146. The topological polar surface area (TPSA) is 52.6 Å². The number of hydrogen-bond acceptors (Lipinski definition) is 3. The minimum Gasteiger partial charge on any atom is -0.508 e. The maximum absolute atomic E-state index is 12.5. The maximum atomic E-state index is 12.5. The van der Waals surface area contributed by atoms with E-state index in [9.17, 15) is 9.90 Å². The van der Waals surface area contributed by atoms with Crippen LogP contribution in [0, 0.1) is 0 Å². The van der Waals surface area contributed by atoms with Crippen molar-refractivity contribution in [3.8, 4) is 5.75 Å². The highest BCUT2D eigenvalue weighted by Crippen LogP contribution is 2.28. The van der Waals surface area contributed by atoms with E-state index in [-0.39, 0.29) is 17.7 Å². The van der Waals surface area contributed by atoms with E-state index in [0.29, 0.717) is 0 Å². The number of carbonyl (C=O) groups excluding carboxylic acids is 1. The summed E-state index contributed by atoms with van der Waals surface area (Å²) < 4.78 is 0. The third-order valence-electron chi connectivity index (χ3n) is 3.44. The smallest absolute Gasteiger partial charge is 0.242 e. The van der Waals surface area contributed by atoms with E-state index >= 15 is 0 Å². The summed E-state index contributed by atoms with van der Waals surface area (Å²) in [6.45, 7) is 8.35. The molecule has 0 aliphatic heterocycles. The van der Waals surface area contributed by atoms with Crippen LogP contribution in [0.15, 0.2) is 24.3 Å². The molecule has 0 aliphatic carbocycles. The number of phenolic OH excluding ortho intramolecular Hbond substituents is 1. The molecule has 1 amide bonds. The molecule has 0 saturated carbocycles. The second-order valence-corrected chi connectivity index (χ2v) is 5.31. The van der Waals surface area contributed by atoms with Crippen molar-refractivity contribution >= 4 is 5.91 Å². The Hall–Kier alpha value is -1.55. The van der Waals surface area contributed by atoms with Gasteiger partial charge in [-0.05, 0) is 33.4 Å². The molecule has 0 bridgehead atoms. The van der Waals surface area contributed by atoms with Crippen molar-refractivity contribution in [1.29, 1.82) is 0 Å². The Bertz CT molecular complexity index is 444. The zero-order valence-electron chi connectivity index (χ0n) is 12.4. The fourth-order valence-electron chi connectivity index (χ4n) is 2.18. The van der Waals surface area contributed by atoms with E-state index in [4.69, 9.17) is 0 Å². The predicted molar refractivity (Wildman–Crippen MR) is 77.0 cm³/mol. The van der Waals surface area contributed by atoms with Crippen molar-refractivity contribution in [3.63, 3.8) is 0 Å². The number of benzene rings is 1. The number of para-hydroxylation sites is 1. The van der Waals surface area contributed by atoms with Gasteiger partial charge < -0.3 is 15.3 Å². The quantitative estimate of drug-likeness (QED) is 0.858. The molecule has 1 rings (SSSR count). The average Bonchev–Trinajstić information content (AvgIpc) is 2.36. The van der Waals surface area contributed by atoms with Gasteiger partial charge in [-0.15, -0.1) is 0 Å². The minimum absolute atomic E-state index is 0.00473. The molecular formula is C15H24N2O2. The Balaban J connectivity index is 2.91. The highest BCUT2D eigenvalue weighted by molar-refractivity contribution is 5.85. The second-order valence-electron chi connectivity index (χ2n) is 5.31. The number of nitrogens with one attached hydrogen (secondary N) is 1. The zero-order valence-corrected chi connectivity index (χ0v) is 12.4. The van der Waals surface area contributed by atoms with Gasteiger partial charge in [0.1, 0.15) is 5.75 Å². The lowest BCUT2D eigenvalue weighted by molar-refractivity contribution is -0.137. The molecule has 106 valence electrons. The highest BCUT2D eigenvalue weighted by Gasteiger charge is 2.32. The van der Waals surface area contributed by atoms with Gasteiger partial charge in [0.25, 0.3) is 0 Å². The third-order valence-corrected chi connectivity index (χ3v) is 3.44. The SMILES string of the molecule is CCNC(C)(C)C(=O)N(C)C(C)c1ccccc1O. The minimum atomic E-state index is -0.609. The normalized spacial score (nSPS) is 13.1. The molecule has 2 N–H and O–H groups in total. The van der Waals surface area contributed by atoms with E-state index in [0.717, 1.165) is 12.1 Å². The van der Waals surface area contributed by atoms with Crippen LogP contribution < -0.4 is 5.32 Å². The summed E-state index contributed by atoms with van der Waals surface area (Å²) in [4.78, 5) is 14.1. The van der Waals surface area contributed by atoms with Gasteiger partial charge >= 0.3 is 0 Å². The van der Waals surface area contributed by atoms with Crippen LogP contribution in [-0.2, 0) is 4.79 Å². The van der Waals surface area contributed by atoms with Crippen LogP contribution in [0.25, 0.3) is 0 Å². The zero-order chi connectivity index (χ0) is 14.6. The van der Waals surface area contributed by atoms with E-state index in [2.05, 4.69) is 5.32 Å². The molecule has 0 spiro atoms. The van der Waals surface area contributed by atoms with Crippen LogP contribution in [0.3, 0.4) is 0 Å². The molecule has 0 saturated heterocycles. The standard InChI is InChI=1S/C15H24N2O2/c1-6-16-15(3,4)14(19)17(5)11(2)12-9-7-8-10-13(12)18/h7-11,16,18H,6H2,1-5H3. The lowest BCUT2D eigenvalue weighted by Crippen LogP contribution is -2.53. The lowest BCUT2D eigenvalue weighted by Gasteiger charge is -2.34. The number of nitrogens with zero attached hydrogens (tertiary/aromatic N) is 1. The lowest BCUT2D eigenvalue weighted by atomic mass is 10.00. The van der Waals surface area contributed by atoms with Crippen LogP contribution in [0.2, 0.25) is 0 Å². The number of carbonyl (C=O) groups is 1. The average molecular weight is 264 g/mol. The van der Waals surface area contributed by atoms with Crippen LogP contribution in [0.5, 0.6) is 5.75 Å². The van der Waals surface area contributed by atoms with E-state index in [1.807, 2.05) is 39.8 Å². The van der Waals surface area contributed by atoms with Gasteiger partial charge in [-0.3, -0.25) is 4.79 Å². The van der Waals surface area contributed by atoms with Crippen molar-refractivity contribution in [3.05, 3.63) is 29.8 Å². The second kappa shape index (κ2) is 6.06. The molecule has 1 atom stereocenters. The number of amides is 1. The Labute approximate surface area is 115 Å². The molecule has 4 nitrogen and oxygen atoms in total. The van der Waals surface area contributed by atoms with Gasteiger partial charge in [-0.25, -0.2) is 0 Å². The maximum Gasteiger partial charge on any atom is 0.242 e. The van der Waals surface area contributed by atoms with Crippen molar-refractivity contribution < 1.29 is 9.90 Å². The van der Waals surface area contributed by atoms with Crippen molar-refractivity contribution in [2.45, 2.75) is 39.3 Å². The molecule has 0 radical (unpaired) electrons. The summed E-state index contributed by atoms with van der Waals surface area (Å²) in [6, 6.07) is 6.94. The predicted octanol–water partition coefficient (Wildman–Crippen LogP) is 2.30. The Kier molecular flexibility index (Phi) is 4.95. The highest BCUT2D eigenvalue weighted by atomic mass is 16.3. The van der Waals surface area contributed by atoms with E-state index in [1.54, 1.807) is 24.1 Å². The molecule has 0 heterocycles. The van der Waals surface area contributed by atoms with E-state index < -0.39 is 5.54 Å². The number of aromatic hydroxyl groups is 1. The van der Waals surface area contributed by atoms with Gasteiger partial charge in [0.15, 0.2) is 0 Å². The van der Waals surface area contributed by atoms with Crippen molar-refractivity contribution in [2.24, 2.45) is 0 Å². The Morgan fingerprint density at radius 3 is 2.53 bits per heavy atom. The fraction of sp³-hybridized carbons (Fsp3) is 0.533. The van der Waals surface area contributed by atoms with Crippen molar-refractivity contribution in [1.82, 2.24) is 10.2 Å². The number of likely N-dealkylation sites (N-methyl/N-ethyl adjacent to an activating group) is 2. The van der Waals surface area contributed by atoms with Gasteiger partial charge in [0.05, 0.1) is 11.6 Å². The van der Waals surface area contributed by atoms with Crippen LogP contribution in [-0.4, -0.2) is 35.0 Å². The number of phenols is 1. The molecule has 4 heteroatoms. The molecule has 0 fully saturated rings. The first-order valence-electron chi connectivity index (χ1n) is 6.61. The summed E-state index contributed by atoms with van der Waals surface area (Å²) in [5.74, 6) is 0.223. The summed E-state index contributed by atoms with van der Waals surface area (Å²) >= 11 is 0. The third kappa shape index (κ3) is 3.47. The first-order valence-corrected chi connectivity index (χ1v) is 6.61. The molecule has 1 aromatic carbocycles. The number of hydrogen-bond donors (Lipinski definition) is 2.